The van der Waals surface area contributed by atoms with Gasteiger partial charge in [-0.1, -0.05) is 43.7 Å². The fraction of sp³-hybridized carbons (Fsp3) is 0.355. The van der Waals surface area contributed by atoms with Crippen molar-refractivity contribution in [1.29, 1.82) is 0 Å². The third kappa shape index (κ3) is 8.53. The zero-order valence-corrected chi connectivity index (χ0v) is 24.9. The number of anilines is 1. The molecule has 0 saturated heterocycles. The first-order valence-corrected chi connectivity index (χ1v) is 15.0. The second-order valence-corrected chi connectivity index (χ2v) is 12.1. The first-order valence-electron chi connectivity index (χ1n) is 13.6. The molecule has 10 heteroatoms. The number of carbonyl (C=O) groups is 2. The van der Waals surface area contributed by atoms with Gasteiger partial charge in [-0.05, 0) is 80.8 Å². The summed E-state index contributed by atoms with van der Waals surface area (Å²) in [5.41, 5.74) is 1.94. The molecule has 3 aromatic rings. The minimum absolute atomic E-state index is 0.0640. The van der Waals surface area contributed by atoms with E-state index in [1.54, 1.807) is 6.92 Å². The van der Waals surface area contributed by atoms with Gasteiger partial charge >= 0.3 is 0 Å². The number of halogens is 1. The first-order chi connectivity index (χ1) is 19.4. The Morgan fingerprint density at radius 1 is 0.927 bits per heavy atom. The number of ether oxygens (including phenoxy) is 1. The highest BCUT2D eigenvalue weighted by molar-refractivity contribution is 7.92. The van der Waals surface area contributed by atoms with E-state index in [9.17, 15) is 22.4 Å². The van der Waals surface area contributed by atoms with Crippen molar-refractivity contribution >= 4 is 27.5 Å². The van der Waals surface area contributed by atoms with E-state index in [2.05, 4.69) is 5.32 Å². The lowest BCUT2D eigenvalue weighted by atomic mass is 10.1. The number of carbonyl (C=O) groups excluding carboxylic acids is 2. The van der Waals surface area contributed by atoms with Gasteiger partial charge in [-0.3, -0.25) is 13.9 Å². The van der Waals surface area contributed by atoms with Crippen LogP contribution in [0, 0.1) is 18.7 Å². The number of nitrogens with one attached hydrogen (secondary N) is 1. The van der Waals surface area contributed by atoms with Crippen LogP contribution in [0.1, 0.15) is 38.8 Å². The van der Waals surface area contributed by atoms with Crippen LogP contribution in [0.15, 0.2) is 77.7 Å². The van der Waals surface area contributed by atoms with E-state index in [-0.39, 0.29) is 29.0 Å². The fourth-order valence-electron chi connectivity index (χ4n) is 4.06. The van der Waals surface area contributed by atoms with Crippen LogP contribution >= 0.6 is 0 Å². The van der Waals surface area contributed by atoms with Crippen molar-refractivity contribution < 1.29 is 27.1 Å². The Morgan fingerprint density at radius 2 is 1.54 bits per heavy atom. The van der Waals surface area contributed by atoms with Gasteiger partial charge in [-0.25, -0.2) is 12.8 Å². The summed E-state index contributed by atoms with van der Waals surface area (Å²) < 4.78 is 47.9. The van der Waals surface area contributed by atoms with Crippen LogP contribution in [0.3, 0.4) is 0 Å². The van der Waals surface area contributed by atoms with E-state index in [1.165, 1.54) is 41.3 Å². The lowest BCUT2D eigenvalue weighted by Crippen LogP contribution is -2.51. The lowest BCUT2D eigenvalue weighted by Gasteiger charge is -2.32. The molecular formula is C31H38FN3O5S. The molecule has 0 spiro atoms. The molecule has 2 amide bonds. The highest BCUT2D eigenvalue weighted by atomic mass is 32.2. The monoisotopic (exact) mass is 583 g/mol. The van der Waals surface area contributed by atoms with Crippen molar-refractivity contribution in [3.8, 4) is 5.75 Å². The van der Waals surface area contributed by atoms with E-state index in [4.69, 9.17) is 4.74 Å². The van der Waals surface area contributed by atoms with E-state index in [1.807, 2.05) is 52.0 Å². The molecule has 0 radical (unpaired) electrons. The molecule has 0 saturated carbocycles. The quantitative estimate of drug-likeness (QED) is 0.308. The van der Waals surface area contributed by atoms with Gasteiger partial charge in [0.2, 0.25) is 11.8 Å². The fourth-order valence-corrected chi connectivity index (χ4v) is 5.48. The normalized spacial score (nSPS) is 12.1. The number of aryl methyl sites for hydroxylation is 1. The molecule has 1 unspecified atom stereocenters. The van der Waals surface area contributed by atoms with Crippen LogP contribution in [0.4, 0.5) is 10.1 Å². The summed E-state index contributed by atoms with van der Waals surface area (Å²) in [6.45, 7) is 9.65. The van der Waals surface area contributed by atoms with Crippen molar-refractivity contribution in [2.24, 2.45) is 5.92 Å². The largest absolute Gasteiger partial charge is 0.494 e. The van der Waals surface area contributed by atoms with Gasteiger partial charge in [0.15, 0.2) is 0 Å². The molecule has 0 fully saturated rings. The van der Waals surface area contributed by atoms with Gasteiger partial charge in [0, 0.05) is 13.1 Å². The topological polar surface area (TPSA) is 96.0 Å². The Kier molecular flexibility index (Phi) is 10.9. The molecular weight excluding hydrogens is 545 g/mol. The Morgan fingerprint density at radius 3 is 2.10 bits per heavy atom. The Balaban J connectivity index is 1.99. The van der Waals surface area contributed by atoms with Gasteiger partial charge in [-0.15, -0.1) is 0 Å². The SMILES string of the molecule is CCOc1ccc(S(=O)(=O)N(CC(=O)N(Cc2ccc(C)cc2)C(C)C(=O)NCC(C)C)c2ccc(F)cc2)cc1. The van der Waals surface area contributed by atoms with Gasteiger partial charge in [0.1, 0.15) is 24.2 Å². The van der Waals surface area contributed by atoms with Gasteiger partial charge < -0.3 is 15.0 Å². The van der Waals surface area contributed by atoms with Crippen molar-refractivity contribution in [3.63, 3.8) is 0 Å². The number of sulfonamides is 1. The molecule has 0 aromatic heterocycles. The number of rotatable bonds is 13. The summed E-state index contributed by atoms with van der Waals surface area (Å²) in [5, 5.41) is 2.86. The maximum Gasteiger partial charge on any atom is 0.264 e. The van der Waals surface area contributed by atoms with E-state index >= 15 is 0 Å². The van der Waals surface area contributed by atoms with E-state index in [0.717, 1.165) is 27.6 Å². The first kappa shape index (κ1) is 31.6. The highest BCUT2D eigenvalue weighted by Gasteiger charge is 2.32. The van der Waals surface area contributed by atoms with Gasteiger partial charge in [0.25, 0.3) is 10.0 Å². The van der Waals surface area contributed by atoms with E-state index < -0.39 is 34.3 Å². The van der Waals surface area contributed by atoms with Crippen molar-refractivity contribution in [1.82, 2.24) is 10.2 Å². The average molecular weight is 584 g/mol. The highest BCUT2D eigenvalue weighted by Crippen LogP contribution is 2.26. The molecule has 8 nitrogen and oxygen atoms in total. The summed E-state index contributed by atoms with van der Waals surface area (Å²) in [6, 6.07) is 17.4. The Labute approximate surface area is 242 Å². The van der Waals surface area contributed by atoms with Crippen LogP contribution in [0.5, 0.6) is 5.75 Å². The smallest absolute Gasteiger partial charge is 0.264 e. The second kappa shape index (κ2) is 14.1. The summed E-state index contributed by atoms with van der Waals surface area (Å²) in [6.07, 6.45) is 0. The van der Waals surface area contributed by atoms with Gasteiger partial charge in [0.05, 0.1) is 17.2 Å². The van der Waals surface area contributed by atoms with Crippen LogP contribution in [0.25, 0.3) is 0 Å². The molecule has 220 valence electrons. The standard InChI is InChI=1S/C31H38FN3O5S/c1-6-40-28-15-17-29(18-16-28)41(38,39)35(27-13-11-26(32)12-14-27)21-30(36)34(20-25-9-7-23(4)8-10-25)24(5)31(37)33-19-22(2)3/h7-18,22,24H,6,19-21H2,1-5H3,(H,33,37). The zero-order chi connectivity index (χ0) is 30.2. The van der Waals surface area contributed by atoms with Crippen LogP contribution in [-0.4, -0.2) is 50.9 Å². The number of nitrogens with zero attached hydrogens (tertiary/aromatic N) is 2. The predicted molar refractivity (Wildman–Crippen MR) is 158 cm³/mol. The second-order valence-electron chi connectivity index (χ2n) is 10.2. The molecule has 0 bridgehead atoms. The maximum atomic E-state index is 13.9. The lowest BCUT2D eigenvalue weighted by molar-refractivity contribution is -0.139. The van der Waals surface area contributed by atoms with Crippen molar-refractivity contribution in [2.45, 2.75) is 52.1 Å². The van der Waals surface area contributed by atoms with Crippen molar-refractivity contribution in [3.05, 3.63) is 89.7 Å². The van der Waals surface area contributed by atoms with Crippen LogP contribution < -0.4 is 14.4 Å². The van der Waals surface area contributed by atoms with Crippen LogP contribution in [-0.2, 0) is 26.2 Å². The molecule has 1 atom stereocenters. The molecule has 1 N–H and O–H groups in total. The Hall–Kier alpha value is -3.92. The number of benzene rings is 3. The molecule has 0 heterocycles. The molecule has 3 rings (SSSR count). The summed E-state index contributed by atoms with van der Waals surface area (Å²) in [7, 11) is -4.27. The summed E-state index contributed by atoms with van der Waals surface area (Å²) in [5.74, 6) is -0.768. The zero-order valence-electron chi connectivity index (χ0n) is 24.1. The Bertz CT molecular complexity index is 1410. The third-order valence-electron chi connectivity index (χ3n) is 6.44. The van der Waals surface area contributed by atoms with Crippen molar-refractivity contribution in [2.75, 3.05) is 24.0 Å². The molecule has 41 heavy (non-hydrogen) atoms. The number of hydrogen-bond acceptors (Lipinski definition) is 5. The molecule has 0 aliphatic rings. The molecule has 0 aliphatic heterocycles. The third-order valence-corrected chi connectivity index (χ3v) is 8.23. The predicted octanol–water partition coefficient (Wildman–Crippen LogP) is 4.92. The minimum Gasteiger partial charge on any atom is -0.494 e. The number of hydrogen-bond donors (Lipinski definition) is 1. The van der Waals surface area contributed by atoms with E-state index in [0.29, 0.717) is 18.9 Å². The molecule has 3 aromatic carbocycles. The van der Waals surface area contributed by atoms with Crippen LogP contribution in [0.2, 0.25) is 0 Å². The van der Waals surface area contributed by atoms with Gasteiger partial charge in [-0.2, -0.15) is 0 Å². The maximum absolute atomic E-state index is 13.9. The summed E-state index contributed by atoms with van der Waals surface area (Å²) >= 11 is 0. The minimum atomic E-state index is -4.27. The number of amides is 2. The average Bonchev–Trinajstić information content (AvgIpc) is 2.94. The molecule has 0 aliphatic carbocycles. The summed E-state index contributed by atoms with van der Waals surface area (Å²) in [4.78, 5) is 28.3.